The summed E-state index contributed by atoms with van der Waals surface area (Å²) in [6.07, 6.45) is 5.59. The van der Waals surface area contributed by atoms with Gasteiger partial charge in [-0.1, -0.05) is 57.2 Å². The largest absolute Gasteiger partial charge is 0.481 e. The smallest absolute Gasteiger partial charge is 0.310 e. The van der Waals surface area contributed by atoms with Gasteiger partial charge < -0.3 is 9.84 Å². The molecule has 0 bridgehead atoms. The van der Waals surface area contributed by atoms with E-state index in [0.29, 0.717) is 16.7 Å². The number of carbonyl (C=O) groups excluding carboxylic acids is 1. The fraction of sp³-hybridized carbons (Fsp3) is 0.714. The van der Waals surface area contributed by atoms with E-state index in [-0.39, 0.29) is 36.0 Å². The predicted molar refractivity (Wildman–Crippen MR) is 172 cm³/mol. The van der Waals surface area contributed by atoms with E-state index < -0.39 is 5.97 Å². The Hall–Kier alpha value is -2.18. The first kappa shape index (κ1) is 36.8. The maximum absolute atomic E-state index is 12.5. The van der Waals surface area contributed by atoms with Gasteiger partial charge in [0.25, 0.3) is 0 Å². The van der Waals surface area contributed by atoms with Gasteiger partial charge in [0, 0.05) is 35.0 Å². The summed E-state index contributed by atoms with van der Waals surface area (Å²) >= 11 is 0. The fourth-order valence-electron chi connectivity index (χ4n) is 6.79. The molecule has 3 rings (SSSR count). The predicted octanol–water partition coefficient (Wildman–Crippen LogP) is 8.06. The number of carbonyl (C=O) groups is 2. The molecule has 2 aliphatic rings. The summed E-state index contributed by atoms with van der Waals surface area (Å²) in [5, 5.41) is 9.16. The first-order chi connectivity index (χ1) is 18.7. The Bertz CT molecular complexity index is 974. The van der Waals surface area contributed by atoms with Crippen LogP contribution in [0.2, 0.25) is 0 Å². The first-order valence-corrected chi connectivity index (χ1v) is 15.4. The molecule has 2 heterocycles. The molecule has 6 heteroatoms. The van der Waals surface area contributed by atoms with Crippen molar-refractivity contribution in [3.63, 3.8) is 0 Å². The highest BCUT2D eigenvalue weighted by Crippen LogP contribution is 2.40. The summed E-state index contributed by atoms with van der Waals surface area (Å²) in [5.74, 6) is -0.447. The van der Waals surface area contributed by atoms with E-state index in [1.54, 1.807) is 6.08 Å². The van der Waals surface area contributed by atoms with E-state index in [1.807, 2.05) is 44.2 Å². The Balaban J connectivity index is 0.000000500. The van der Waals surface area contributed by atoms with Crippen LogP contribution in [0.5, 0.6) is 0 Å². The Morgan fingerprint density at radius 2 is 1.22 bits per heavy atom. The van der Waals surface area contributed by atoms with Crippen LogP contribution < -0.4 is 0 Å². The van der Waals surface area contributed by atoms with E-state index in [1.165, 1.54) is 12.8 Å². The number of carboxylic acids is 1. The minimum Gasteiger partial charge on any atom is -0.481 e. The number of hydrogen-bond acceptors (Lipinski definition) is 5. The molecule has 2 saturated heterocycles. The third-order valence-electron chi connectivity index (χ3n) is 9.00. The van der Waals surface area contributed by atoms with Crippen LogP contribution in [0.15, 0.2) is 35.9 Å². The van der Waals surface area contributed by atoms with E-state index >= 15 is 0 Å². The highest BCUT2D eigenvalue weighted by atomic mass is 16.5. The van der Waals surface area contributed by atoms with Gasteiger partial charge in [-0.3, -0.25) is 19.4 Å². The minimum atomic E-state index is -0.952. The zero-order valence-electron chi connectivity index (χ0n) is 28.4. The van der Waals surface area contributed by atoms with Crippen molar-refractivity contribution in [3.05, 3.63) is 41.5 Å². The van der Waals surface area contributed by atoms with Gasteiger partial charge >= 0.3 is 11.9 Å². The number of nitrogens with zero attached hydrogens (tertiary/aromatic N) is 2. The van der Waals surface area contributed by atoms with Gasteiger partial charge in [0.15, 0.2) is 0 Å². The van der Waals surface area contributed by atoms with Crippen LogP contribution in [-0.2, 0) is 14.3 Å². The SMILES string of the molecule is CC.CC1CC(C)(C)N(C)C(C)(C)C1.CN1C(C)(C)CC(OC(=O)CC(=Cc2ccccc2)CC(=O)O)CC1(C)C. The molecular weight excluding hydrogens is 512 g/mol. The van der Waals surface area contributed by atoms with Crippen molar-refractivity contribution in [2.75, 3.05) is 14.1 Å². The van der Waals surface area contributed by atoms with Crippen LogP contribution in [0.1, 0.15) is 120 Å². The number of hydrogen-bond donors (Lipinski definition) is 1. The van der Waals surface area contributed by atoms with Crippen LogP contribution in [0.25, 0.3) is 6.08 Å². The van der Waals surface area contributed by atoms with Gasteiger partial charge in [-0.25, -0.2) is 0 Å². The number of esters is 1. The minimum absolute atomic E-state index is 0.00556. The van der Waals surface area contributed by atoms with Crippen LogP contribution in [0, 0.1) is 5.92 Å². The van der Waals surface area contributed by atoms with Crippen LogP contribution in [-0.4, -0.2) is 69.2 Å². The average Bonchev–Trinajstić information content (AvgIpc) is 2.82. The topological polar surface area (TPSA) is 70.1 Å². The molecule has 0 aromatic heterocycles. The molecule has 0 saturated carbocycles. The molecule has 6 nitrogen and oxygen atoms in total. The number of benzene rings is 1. The van der Waals surface area contributed by atoms with Gasteiger partial charge in [0.1, 0.15) is 6.10 Å². The Labute approximate surface area is 251 Å². The number of ether oxygens (including phenoxy) is 1. The molecule has 1 aromatic carbocycles. The Morgan fingerprint density at radius 1 is 0.805 bits per heavy atom. The van der Waals surface area contributed by atoms with Crippen molar-refractivity contribution in [2.45, 2.75) is 143 Å². The van der Waals surface area contributed by atoms with E-state index in [0.717, 1.165) is 24.3 Å². The molecule has 2 aliphatic heterocycles. The van der Waals surface area contributed by atoms with Gasteiger partial charge in [0.2, 0.25) is 0 Å². The van der Waals surface area contributed by atoms with E-state index in [9.17, 15) is 9.59 Å². The molecule has 234 valence electrons. The zero-order chi connectivity index (χ0) is 31.8. The zero-order valence-corrected chi connectivity index (χ0v) is 28.4. The molecule has 1 aromatic rings. The van der Waals surface area contributed by atoms with Gasteiger partial charge in [-0.2, -0.15) is 0 Å². The van der Waals surface area contributed by atoms with Gasteiger partial charge in [-0.05, 0) is 99.4 Å². The Kier molecular flexibility index (Phi) is 13.3. The molecule has 41 heavy (non-hydrogen) atoms. The lowest BCUT2D eigenvalue weighted by atomic mass is 9.75. The summed E-state index contributed by atoms with van der Waals surface area (Å²) < 4.78 is 5.76. The molecule has 0 amide bonds. The summed E-state index contributed by atoms with van der Waals surface area (Å²) in [5.41, 5.74) is 2.03. The van der Waals surface area contributed by atoms with Gasteiger partial charge in [-0.15, -0.1) is 0 Å². The Morgan fingerprint density at radius 3 is 1.63 bits per heavy atom. The lowest BCUT2D eigenvalue weighted by molar-refractivity contribution is -0.158. The number of piperidine rings is 2. The molecule has 0 unspecified atom stereocenters. The van der Waals surface area contributed by atoms with Crippen molar-refractivity contribution in [2.24, 2.45) is 5.92 Å². The number of carboxylic acid groups (broad SMARTS) is 1. The van der Waals surface area contributed by atoms with Crippen molar-refractivity contribution in [1.82, 2.24) is 9.80 Å². The highest BCUT2D eigenvalue weighted by Gasteiger charge is 2.44. The maximum Gasteiger partial charge on any atom is 0.310 e. The van der Waals surface area contributed by atoms with Crippen molar-refractivity contribution < 1.29 is 19.4 Å². The number of rotatable bonds is 6. The third kappa shape index (κ3) is 11.2. The molecular formula is C35H60N2O4. The van der Waals surface area contributed by atoms with Crippen molar-refractivity contribution in [3.8, 4) is 0 Å². The molecule has 2 fully saturated rings. The van der Waals surface area contributed by atoms with E-state index in [2.05, 4.69) is 86.2 Å². The van der Waals surface area contributed by atoms with Crippen LogP contribution >= 0.6 is 0 Å². The van der Waals surface area contributed by atoms with Crippen molar-refractivity contribution in [1.29, 1.82) is 0 Å². The average molecular weight is 573 g/mol. The highest BCUT2D eigenvalue weighted by molar-refractivity contribution is 5.79. The van der Waals surface area contributed by atoms with Crippen molar-refractivity contribution >= 4 is 18.0 Å². The normalized spacial score (nSPS) is 22.4. The summed E-state index contributed by atoms with van der Waals surface area (Å²) in [7, 11) is 4.36. The molecule has 0 atom stereocenters. The standard InChI is InChI=1S/C22H31NO4.C11H23N.C2H6/c1-21(2)14-18(15-22(3,4)23(21)5)27-20(26)13-17(12-19(24)25)11-16-9-7-6-8-10-16;1-9-7-10(2,3)12(6)11(4,5)8-9;1-2/h6-11,18H,12-15H2,1-5H3,(H,24,25);9H,7-8H2,1-6H3;1-2H3. The molecule has 0 radical (unpaired) electrons. The van der Waals surface area contributed by atoms with E-state index in [4.69, 9.17) is 9.84 Å². The monoisotopic (exact) mass is 572 g/mol. The maximum atomic E-state index is 12.5. The fourth-order valence-corrected chi connectivity index (χ4v) is 6.79. The lowest BCUT2D eigenvalue weighted by Gasteiger charge is -2.53. The lowest BCUT2D eigenvalue weighted by Crippen LogP contribution is -2.60. The van der Waals surface area contributed by atoms with Crippen LogP contribution in [0.3, 0.4) is 0 Å². The first-order valence-electron chi connectivity index (χ1n) is 15.4. The summed E-state index contributed by atoms with van der Waals surface area (Å²) in [6, 6.07) is 9.42. The van der Waals surface area contributed by atoms with Gasteiger partial charge in [0.05, 0.1) is 12.8 Å². The number of aliphatic carboxylic acids is 1. The second-order valence-electron chi connectivity index (χ2n) is 14.4. The number of likely N-dealkylation sites (tertiary alicyclic amines) is 2. The quantitative estimate of drug-likeness (QED) is 0.348. The summed E-state index contributed by atoms with van der Waals surface area (Å²) in [4.78, 5) is 28.6. The molecule has 0 spiro atoms. The summed E-state index contributed by atoms with van der Waals surface area (Å²) in [6.45, 7) is 24.4. The molecule has 0 aliphatic carbocycles. The van der Waals surface area contributed by atoms with Crippen LogP contribution in [0.4, 0.5) is 0 Å². The third-order valence-corrected chi connectivity index (χ3v) is 9.00. The molecule has 1 N–H and O–H groups in total. The second-order valence-corrected chi connectivity index (χ2v) is 14.4. The second kappa shape index (κ2) is 14.8.